The molecule has 0 atom stereocenters. The number of amides is 2. The summed E-state index contributed by atoms with van der Waals surface area (Å²) in [5, 5.41) is 1.09. The zero-order valence-corrected chi connectivity index (χ0v) is 18.8. The summed E-state index contributed by atoms with van der Waals surface area (Å²) < 4.78 is 2.09. The summed E-state index contributed by atoms with van der Waals surface area (Å²) in [6.45, 7) is 4.18. The van der Waals surface area contributed by atoms with Crippen molar-refractivity contribution in [2.75, 3.05) is 25.0 Å². The Morgan fingerprint density at radius 2 is 1.81 bits per heavy atom. The van der Waals surface area contributed by atoms with Gasteiger partial charge in [-0.25, -0.2) is 0 Å². The number of nitrogens with zero attached hydrogens (tertiary/aromatic N) is 3. The first kappa shape index (κ1) is 20.6. The van der Waals surface area contributed by atoms with Crippen LogP contribution in [0.1, 0.15) is 42.9 Å². The van der Waals surface area contributed by atoms with Gasteiger partial charge in [0.15, 0.2) is 0 Å². The van der Waals surface area contributed by atoms with Crippen LogP contribution in [0, 0.1) is 0 Å². The highest BCUT2D eigenvalue weighted by Gasteiger charge is 2.29. The predicted octanol–water partition coefficient (Wildman–Crippen LogP) is 4.73. The van der Waals surface area contributed by atoms with Gasteiger partial charge in [0.25, 0.3) is 5.91 Å². The molecular weight excluding hydrogens is 398 g/mol. The fraction of sp³-hybridized carbons (Fsp3) is 0.333. The van der Waals surface area contributed by atoms with Crippen LogP contribution in [0.3, 0.4) is 0 Å². The van der Waals surface area contributed by atoms with Crippen LogP contribution in [-0.4, -0.2) is 41.4 Å². The first-order valence-corrected chi connectivity index (χ1v) is 11.6. The number of benzene rings is 2. The molecule has 2 amide bonds. The van der Waals surface area contributed by atoms with E-state index in [9.17, 15) is 9.59 Å². The van der Waals surface area contributed by atoms with E-state index in [0.29, 0.717) is 12.1 Å². The van der Waals surface area contributed by atoms with E-state index in [2.05, 4.69) is 29.7 Å². The SMILES string of the molecule is CCc1cccc2c(C=C3C(=O)N(C)c4ccccc43)cn(CC(=O)N3CCCCC3)c12. The number of aryl methyl sites for hydroxylation is 1. The number of anilines is 1. The molecule has 1 aromatic heterocycles. The van der Waals surface area contributed by atoms with Crippen molar-refractivity contribution < 1.29 is 9.59 Å². The van der Waals surface area contributed by atoms with E-state index in [1.54, 1.807) is 4.90 Å². The van der Waals surface area contributed by atoms with E-state index in [1.807, 2.05) is 48.5 Å². The Bertz CT molecular complexity index is 1230. The monoisotopic (exact) mass is 427 g/mol. The zero-order valence-electron chi connectivity index (χ0n) is 18.8. The minimum atomic E-state index is 0.00291. The van der Waals surface area contributed by atoms with Crippen molar-refractivity contribution in [3.63, 3.8) is 0 Å². The normalized spacial score (nSPS) is 17.4. The third-order valence-electron chi connectivity index (χ3n) is 6.80. The first-order chi connectivity index (χ1) is 15.6. The van der Waals surface area contributed by atoms with Crippen LogP contribution in [0.5, 0.6) is 0 Å². The average Bonchev–Trinajstić information content (AvgIpc) is 3.30. The van der Waals surface area contributed by atoms with Gasteiger partial charge in [-0.1, -0.05) is 43.3 Å². The number of carbonyl (C=O) groups is 2. The molecule has 0 saturated carbocycles. The molecule has 1 saturated heterocycles. The molecule has 0 radical (unpaired) electrons. The molecule has 1 fully saturated rings. The maximum atomic E-state index is 13.1. The van der Waals surface area contributed by atoms with E-state index in [4.69, 9.17) is 0 Å². The summed E-state index contributed by atoms with van der Waals surface area (Å²) in [6, 6.07) is 14.2. The molecule has 0 aliphatic carbocycles. The smallest absolute Gasteiger partial charge is 0.258 e. The number of aromatic nitrogens is 1. The van der Waals surface area contributed by atoms with E-state index in [0.717, 1.165) is 60.1 Å². The van der Waals surface area contributed by atoms with Gasteiger partial charge in [0.05, 0.1) is 11.2 Å². The average molecular weight is 428 g/mol. The topological polar surface area (TPSA) is 45.6 Å². The highest BCUT2D eigenvalue weighted by atomic mass is 16.2. The van der Waals surface area contributed by atoms with Crippen LogP contribution in [0.15, 0.2) is 48.7 Å². The lowest BCUT2D eigenvalue weighted by Gasteiger charge is -2.27. The second-order valence-corrected chi connectivity index (χ2v) is 8.76. The number of para-hydroxylation sites is 2. The Balaban J connectivity index is 1.60. The van der Waals surface area contributed by atoms with Gasteiger partial charge in [-0.15, -0.1) is 0 Å². The van der Waals surface area contributed by atoms with Gasteiger partial charge in [0.2, 0.25) is 5.91 Å². The summed E-state index contributed by atoms with van der Waals surface area (Å²) in [6.07, 6.45) is 8.31. The Labute approximate surface area is 188 Å². The third kappa shape index (κ3) is 3.42. The number of hydrogen-bond acceptors (Lipinski definition) is 2. The van der Waals surface area contributed by atoms with E-state index in [-0.39, 0.29) is 11.8 Å². The highest BCUT2D eigenvalue weighted by Crippen LogP contribution is 2.38. The van der Waals surface area contributed by atoms with Gasteiger partial charge < -0.3 is 14.4 Å². The lowest BCUT2D eigenvalue weighted by atomic mass is 10.0. The molecule has 3 heterocycles. The van der Waals surface area contributed by atoms with Gasteiger partial charge >= 0.3 is 0 Å². The molecule has 0 bridgehead atoms. The minimum Gasteiger partial charge on any atom is -0.341 e. The number of fused-ring (bicyclic) bond motifs is 2. The molecule has 0 unspecified atom stereocenters. The summed E-state index contributed by atoms with van der Waals surface area (Å²) in [7, 11) is 1.82. The molecular formula is C27H29N3O2. The van der Waals surface area contributed by atoms with Crippen LogP contribution in [0.4, 0.5) is 5.69 Å². The maximum absolute atomic E-state index is 13.1. The Morgan fingerprint density at radius 1 is 1.03 bits per heavy atom. The fourth-order valence-corrected chi connectivity index (χ4v) is 5.07. The van der Waals surface area contributed by atoms with Crippen molar-refractivity contribution >= 4 is 40.1 Å². The second-order valence-electron chi connectivity index (χ2n) is 8.76. The molecule has 164 valence electrons. The van der Waals surface area contributed by atoms with Crippen LogP contribution < -0.4 is 4.90 Å². The quantitative estimate of drug-likeness (QED) is 0.565. The Kier molecular flexibility index (Phi) is 5.33. The van der Waals surface area contributed by atoms with E-state index in [1.165, 1.54) is 12.0 Å². The fourth-order valence-electron chi connectivity index (χ4n) is 5.07. The number of carbonyl (C=O) groups excluding carboxylic acids is 2. The number of hydrogen-bond donors (Lipinski definition) is 0. The van der Waals surface area contributed by atoms with Crippen LogP contribution >= 0.6 is 0 Å². The van der Waals surface area contributed by atoms with Crippen molar-refractivity contribution in [2.24, 2.45) is 0 Å². The molecule has 5 nitrogen and oxygen atoms in total. The molecule has 0 spiro atoms. The van der Waals surface area contributed by atoms with Gasteiger partial charge in [0, 0.05) is 48.4 Å². The summed E-state index contributed by atoms with van der Waals surface area (Å²) >= 11 is 0. The van der Waals surface area contributed by atoms with Gasteiger partial charge in [-0.05, 0) is 43.4 Å². The number of rotatable bonds is 4. The van der Waals surface area contributed by atoms with E-state index >= 15 is 0 Å². The van der Waals surface area contributed by atoms with Crippen LogP contribution in [0.25, 0.3) is 22.6 Å². The zero-order chi connectivity index (χ0) is 22.2. The van der Waals surface area contributed by atoms with Gasteiger partial charge in [-0.3, -0.25) is 9.59 Å². The first-order valence-electron chi connectivity index (χ1n) is 11.6. The maximum Gasteiger partial charge on any atom is 0.258 e. The van der Waals surface area contributed by atoms with Crippen molar-refractivity contribution in [1.29, 1.82) is 0 Å². The molecule has 2 aliphatic rings. The number of likely N-dealkylation sites (tertiary alicyclic amines) is 1. The molecule has 5 heteroatoms. The van der Waals surface area contributed by atoms with E-state index < -0.39 is 0 Å². The van der Waals surface area contributed by atoms with Gasteiger partial charge in [-0.2, -0.15) is 0 Å². The number of likely N-dealkylation sites (N-methyl/N-ethyl adjacent to an activating group) is 1. The molecule has 5 rings (SSSR count). The standard InChI is InChI=1S/C27H29N3O2/c1-3-19-10-9-12-21-20(16-23-22-11-5-6-13-24(22)28(2)27(23)32)17-30(26(19)21)18-25(31)29-14-7-4-8-15-29/h5-6,9-13,16-17H,3-4,7-8,14-15,18H2,1-2H3. The summed E-state index contributed by atoms with van der Waals surface area (Å²) in [5.41, 5.74) is 5.88. The summed E-state index contributed by atoms with van der Waals surface area (Å²) in [5.74, 6) is 0.178. The minimum absolute atomic E-state index is 0.00291. The number of piperidine rings is 1. The molecule has 2 aromatic carbocycles. The largest absolute Gasteiger partial charge is 0.341 e. The van der Waals surface area contributed by atoms with Crippen molar-refractivity contribution in [2.45, 2.75) is 39.2 Å². The Hall–Kier alpha value is -3.34. The molecule has 0 N–H and O–H groups in total. The molecule has 3 aromatic rings. The van der Waals surface area contributed by atoms with Gasteiger partial charge in [0.1, 0.15) is 6.54 Å². The van der Waals surface area contributed by atoms with Crippen molar-refractivity contribution in [3.8, 4) is 0 Å². The summed E-state index contributed by atoms with van der Waals surface area (Å²) in [4.78, 5) is 29.8. The second kappa shape index (κ2) is 8.30. The molecule has 2 aliphatic heterocycles. The Morgan fingerprint density at radius 3 is 2.59 bits per heavy atom. The third-order valence-corrected chi connectivity index (χ3v) is 6.80. The molecule has 32 heavy (non-hydrogen) atoms. The predicted molar refractivity (Wildman–Crippen MR) is 129 cm³/mol. The van der Waals surface area contributed by atoms with Crippen molar-refractivity contribution in [3.05, 3.63) is 65.4 Å². The van der Waals surface area contributed by atoms with Crippen LogP contribution in [0.2, 0.25) is 0 Å². The lowest BCUT2D eigenvalue weighted by Crippen LogP contribution is -2.37. The highest BCUT2D eigenvalue weighted by molar-refractivity contribution is 6.36. The lowest BCUT2D eigenvalue weighted by molar-refractivity contribution is -0.132. The van der Waals surface area contributed by atoms with Crippen LogP contribution in [-0.2, 0) is 22.6 Å². The van der Waals surface area contributed by atoms with Crippen molar-refractivity contribution in [1.82, 2.24) is 9.47 Å².